The minimum absolute atomic E-state index is 0.00592. The van der Waals surface area contributed by atoms with Crippen LogP contribution >= 0.6 is 11.6 Å². The van der Waals surface area contributed by atoms with Crippen LogP contribution < -0.4 is 0 Å². The number of halogens is 1. The number of hydrogen-bond acceptors (Lipinski definition) is 4. The summed E-state index contributed by atoms with van der Waals surface area (Å²) in [5, 5.41) is 9.52. The first-order chi connectivity index (χ1) is 14.9. The van der Waals surface area contributed by atoms with Crippen LogP contribution in [0.3, 0.4) is 0 Å². The minimum atomic E-state index is -3.91. The van der Waals surface area contributed by atoms with Crippen molar-refractivity contribution in [3.05, 3.63) is 76.3 Å². The van der Waals surface area contributed by atoms with E-state index in [1.54, 1.807) is 55.5 Å². The first-order valence-electron chi connectivity index (χ1n) is 10.3. The van der Waals surface area contributed by atoms with Crippen LogP contribution in [-0.2, 0) is 19.6 Å². The summed E-state index contributed by atoms with van der Waals surface area (Å²) in [6, 6.07) is 12.8. The molecule has 0 amide bonds. The molecule has 0 aliphatic carbocycles. The molecule has 1 aliphatic heterocycles. The van der Waals surface area contributed by atoms with Crippen LogP contribution in [0, 0.1) is 12.3 Å². The molecule has 0 fully saturated rings. The van der Waals surface area contributed by atoms with Gasteiger partial charge in [0.15, 0.2) is 0 Å². The summed E-state index contributed by atoms with van der Waals surface area (Å²) < 4.78 is 35.0. The van der Waals surface area contributed by atoms with E-state index >= 15 is 0 Å². The topological polar surface area (TPSA) is 83.9 Å². The van der Waals surface area contributed by atoms with Gasteiger partial charge in [0.1, 0.15) is 6.61 Å². The van der Waals surface area contributed by atoms with Crippen LogP contribution in [-0.4, -0.2) is 43.1 Å². The number of hydrogen-bond donors (Lipinski definition) is 1. The molecule has 0 aromatic heterocycles. The van der Waals surface area contributed by atoms with Crippen LogP contribution in [0.25, 0.3) is 0 Å². The van der Waals surface area contributed by atoms with Gasteiger partial charge in [0.05, 0.1) is 17.5 Å². The summed E-state index contributed by atoms with van der Waals surface area (Å²) in [6.07, 6.45) is 1.90. The first kappa shape index (κ1) is 24.5. The fraction of sp³-hybridized carbons (Fsp3) is 0.375. The Balaban J connectivity index is 2.16. The van der Waals surface area contributed by atoms with Crippen LogP contribution in [0.2, 0.25) is 5.02 Å². The largest absolute Gasteiger partial charge is 0.480 e. The van der Waals surface area contributed by atoms with Gasteiger partial charge in [0.2, 0.25) is 10.0 Å². The second kappa shape index (κ2) is 9.35. The third-order valence-corrected chi connectivity index (χ3v) is 7.73. The number of carbonyl (C=O) groups is 1. The van der Waals surface area contributed by atoms with Crippen molar-refractivity contribution in [2.24, 2.45) is 5.41 Å². The highest BCUT2D eigenvalue weighted by Crippen LogP contribution is 2.46. The quantitative estimate of drug-likeness (QED) is 0.577. The summed E-state index contributed by atoms with van der Waals surface area (Å²) >= 11 is 6.08. The molecule has 1 unspecified atom stereocenters. The number of sulfonamides is 1. The Hall–Kier alpha value is -2.19. The molecular formula is C24H28ClNO5S. The standard InChI is InChI=1S/C24H28ClNO5S/c1-16-7-5-6-8-20(16)32(29,30)26-21(24(2,3)4)13-18(14-31-15-22(27)28)23(26)17-9-11-19(25)12-10-17/h5-13,21,23H,14-15H2,1-4H3,(H,27,28)/t21?,23-/m0/s1. The normalized spacial score (nSPS) is 19.7. The lowest BCUT2D eigenvalue weighted by molar-refractivity contribution is -0.141. The SMILES string of the molecule is Cc1ccccc1S(=O)(=O)N1C(C(C)(C)C)C=C(COCC(=O)O)[C@@H]1c1ccc(Cl)cc1. The Labute approximate surface area is 194 Å². The number of aryl methyl sites for hydroxylation is 1. The lowest BCUT2D eigenvalue weighted by Crippen LogP contribution is -2.45. The molecule has 1 aliphatic rings. The van der Waals surface area contributed by atoms with E-state index in [4.69, 9.17) is 21.4 Å². The molecule has 8 heteroatoms. The van der Waals surface area contributed by atoms with E-state index in [0.29, 0.717) is 16.2 Å². The van der Waals surface area contributed by atoms with E-state index in [1.807, 2.05) is 26.8 Å². The molecule has 6 nitrogen and oxygen atoms in total. The van der Waals surface area contributed by atoms with Crippen LogP contribution in [0.15, 0.2) is 65.1 Å². The van der Waals surface area contributed by atoms with Gasteiger partial charge in [-0.1, -0.05) is 68.8 Å². The van der Waals surface area contributed by atoms with Crippen LogP contribution in [0.4, 0.5) is 0 Å². The molecule has 0 saturated heterocycles. The van der Waals surface area contributed by atoms with Crippen molar-refractivity contribution in [1.82, 2.24) is 4.31 Å². The fourth-order valence-corrected chi connectivity index (χ4v) is 6.25. The highest BCUT2D eigenvalue weighted by Gasteiger charge is 2.48. The van der Waals surface area contributed by atoms with E-state index in [1.165, 1.54) is 4.31 Å². The second-order valence-electron chi connectivity index (χ2n) is 8.99. The molecule has 172 valence electrons. The summed E-state index contributed by atoms with van der Waals surface area (Å²) in [7, 11) is -3.91. The molecule has 0 spiro atoms. The molecule has 2 aromatic rings. The third kappa shape index (κ3) is 5.07. The van der Waals surface area contributed by atoms with Crippen molar-refractivity contribution >= 4 is 27.6 Å². The van der Waals surface area contributed by atoms with Gasteiger partial charge < -0.3 is 9.84 Å². The number of aliphatic carboxylic acids is 1. The zero-order chi connectivity index (χ0) is 23.7. The van der Waals surface area contributed by atoms with Gasteiger partial charge in [-0.2, -0.15) is 4.31 Å². The number of carboxylic acids is 1. The second-order valence-corrected chi connectivity index (χ2v) is 11.2. The Bertz CT molecular complexity index is 1120. The van der Waals surface area contributed by atoms with E-state index in [2.05, 4.69) is 0 Å². The number of benzene rings is 2. The molecular weight excluding hydrogens is 450 g/mol. The van der Waals surface area contributed by atoms with E-state index in [-0.39, 0.29) is 11.5 Å². The van der Waals surface area contributed by atoms with Gasteiger partial charge in [0.25, 0.3) is 0 Å². The molecule has 1 heterocycles. The zero-order valence-electron chi connectivity index (χ0n) is 18.6. The van der Waals surface area contributed by atoms with Gasteiger partial charge in [0, 0.05) is 11.1 Å². The maximum absolute atomic E-state index is 14.0. The summed E-state index contributed by atoms with van der Waals surface area (Å²) in [4.78, 5) is 11.2. The maximum atomic E-state index is 14.0. The van der Waals surface area contributed by atoms with Crippen molar-refractivity contribution in [2.45, 2.75) is 44.7 Å². The van der Waals surface area contributed by atoms with Crippen molar-refractivity contribution in [1.29, 1.82) is 0 Å². The number of rotatable bonds is 7. The molecule has 3 rings (SSSR count). The Morgan fingerprint density at radius 2 is 1.75 bits per heavy atom. The maximum Gasteiger partial charge on any atom is 0.329 e. The predicted octanol–water partition coefficient (Wildman–Crippen LogP) is 4.84. The molecule has 2 aromatic carbocycles. The lowest BCUT2D eigenvalue weighted by Gasteiger charge is -2.37. The smallest absolute Gasteiger partial charge is 0.329 e. The molecule has 0 bridgehead atoms. The monoisotopic (exact) mass is 477 g/mol. The van der Waals surface area contributed by atoms with Crippen molar-refractivity contribution in [2.75, 3.05) is 13.2 Å². The van der Waals surface area contributed by atoms with E-state index in [0.717, 1.165) is 5.56 Å². The highest BCUT2D eigenvalue weighted by atomic mass is 35.5. The van der Waals surface area contributed by atoms with Crippen LogP contribution in [0.5, 0.6) is 0 Å². The Morgan fingerprint density at radius 1 is 1.12 bits per heavy atom. The molecule has 2 atom stereocenters. The van der Waals surface area contributed by atoms with Gasteiger partial charge in [-0.3, -0.25) is 0 Å². The fourth-order valence-electron chi connectivity index (χ4n) is 3.96. The summed E-state index contributed by atoms with van der Waals surface area (Å²) in [6.45, 7) is 7.26. The van der Waals surface area contributed by atoms with Gasteiger partial charge in [-0.25, -0.2) is 13.2 Å². The zero-order valence-corrected chi connectivity index (χ0v) is 20.2. The van der Waals surface area contributed by atoms with E-state index < -0.39 is 40.1 Å². The van der Waals surface area contributed by atoms with Gasteiger partial charge >= 0.3 is 5.97 Å². The Kier molecular flexibility index (Phi) is 7.15. The van der Waals surface area contributed by atoms with Crippen molar-refractivity contribution in [3.8, 4) is 0 Å². The predicted molar refractivity (Wildman–Crippen MR) is 124 cm³/mol. The molecule has 0 radical (unpaired) electrons. The Morgan fingerprint density at radius 3 is 2.31 bits per heavy atom. The van der Waals surface area contributed by atoms with Gasteiger partial charge in [-0.05, 0) is 47.2 Å². The van der Waals surface area contributed by atoms with Crippen LogP contribution in [0.1, 0.15) is 37.9 Å². The molecule has 1 N–H and O–H groups in total. The van der Waals surface area contributed by atoms with Crippen molar-refractivity contribution in [3.63, 3.8) is 0 Å². The van der Waals surface area contributed by atoms with E-state index in [9.17, 15) is 13.2 Å². The summed E-state index contributed by atoms with van der Waals surface area (Å²) in [5.41, 5.74) is 1.68. The number of ether oxygens (including phenoxy) is 1. The lowest BCUT2D eigenvalue weighted by atomic mass is 9.87. The summed E-state index contributed by atoms with van der Waals surface area (Å²) in [5.74, 6) is -1.08. The molecule has 32 heavy (non-hydrogen) atoms. The van der Waals surface area contributed by atoms with Gasteiger partial charge in [-0.15, -0.1) is 0 Å². The number of carboxylic acid groups (broad SMARTS) is 1. The number of nitrogens with zero attached hydrogens (tertiary/aromatic N) is 1. The average molecular weight is 478 g/mol. The first-order valence-corrected chi connectivity index (χ1v) is 12.1. The minimum Gasteiger partial charge on any atom is -0.480 e. The average Bonchev–Trinajstić information content (AvgIpc) is 3.09. The third-order valence-electron chi connectivity index (χ3n) is 5.47. The van der Waals surface area contributed by atoms with Crippen molar-refractivity contribution < 1.29 is 23.1 Å². The molecule has 0 saturated carbocycles. The highest BCUT2D eigenvalue weighted by molar-refractivity contribution is 7.89.